The fraction of sp³-hybridized carbons (Fsp3) is 0.579. The number of hydrogen-bond acceptors (Lipinski definition) is 4. The van der Waals surface area contributed by atoms with Crippen LogP contribution in [0.5, 0.6) is 0 Å². The van der Waals surface area contributed by atoms with Crippen LogP contribution >= 0.6 is 0 Å². The second-order valence-corrected chi connectivity index (χ2v) is 6.69. The first kappa shape index (κ1) is 21.2. The summed E-state index contributed by atoms with van der Waals surface area (Å²) in [6.07, 6.45) is 1.47. The monoisotopic (exact) mass is 387 g/mol. The Balaban J connectivity index is 1.68. The molecule has 0 aliphatic heterocycles. The lowest BCUT2D eigenvalue weighted by Gasteiger charge is -2.21. The van der Waals surface area contributed by atoms with Crippen LogP contribution in [0, 0.1) is 5.92 Å². The van der Waals surface area contributed by atoms with Gasteiger partial charge in [0.25, 0.3) is 5.91 Å². The quantitative estimate of drug-likeness (QED) is 0.692. The van der Waals surface area contributed by atoms with Gasteiger partial charge in [0.1, 0.15) is 6.61 Å². The van der Waals surface area contributed by atoms with Gasteiger partial charge in [-0.05, 0) is 36.5 Å². The Labute approximate surface area is 156 Å². The third kappa shape index (κ3) is 8.43. The predicted octanol–water partition coefficient (Wildman–Crippen LogP) is 3.62. The molecule has 1 N–H and O–H groups in total. The molecule has 1 aromatic carbocycles. The SMILES string of the molecule is O=C(COC(=O)c1ccc(COCC(F)(F)F)cc1)NCC1CCCCC1. The molecule has 0 bridgehead atoms. The normalized spacial score (nSPS) is 15.4. The van der Waals surface area contributed by atoms with Crippen molar-refractivity contribution in [3.63, 3.8) is 0 Å². The number of halogens is 3. The Morgan fingerprint density at radius 2 is 1.74 bits per heavy atom. The highest BCUT2D eigenvalue weighted by Crippen LogP contribution is 2.22. The van der Waals surface area contributed by atoms with Crippen LogP contribution < -0.4 is 5.32 Å². The fourth-order valence-electron chi connectivity index (χ4n) is 2.94. The summed E-state index contributed by atoms with van der Waals surface area (Å²) >= 11 is 0. The molecule has 0 unspecified atom stereocenters. The number of hydrogen-bond donors (Lipinski definition) is 1. The molecule has 0 radical (unpaired) electrons. The van der Waals surface area contributed by atoms with Crippen LogP contribution in [0.4, 0.5) is 13.2 Å². The van der Waals surface area contributed by atoms with Gasteiger partial charge >= 0.3 is 12.1 Å². The first-order valence-corrected chi connectivity index (χ1v) is 9.01. The molecule has 1 aliphatic rings. The number of amides is 1. The van der Waals surface area contributed by atoms with E-state index in [2.05, 4.69) is 10.1 Å². The lowest BCUT2D eigenvalue weighted by Crippen LogP contribution is -2.33. The zero-order chi connectivity index (χ0) is 19.7. The summed E-state index contributed by atoms with van der Waals surface area (Å²) in [5.74, 6) is -0.512. The van der Waals surface area contributed by atoms with Crippen LogP contribution in [0.1, 0.15) is 48.0 Å². The maximum Gasteiger partial charge on any atom is 0.411 e. The maximum absolute atomic E-state index is 12.0. The van der Waals surface area contributed by atoms with E-state index in [1.165, 1.54) is 43.5 Å². The molecule has 0 saturated heterocycles. The number of benzene rings is 1. The van der Waals surface area contributed by atoms with E-state index in [-0.39, 0.29) is 24.7 Å². The number of alkyl halides is 3. The van der Waals surface area contributed by atoms with Crippen molar-refractivity contribution in [3.8, 4) is 0 Å². The van der Waals surface area contributed by atoms with E-state index < -0.39 is 18.8 Å². The minimum Gasteiger partial charge on any atom is -0.452 e. The van der Waals surface area contributed by atoms with Gasteiger partial charge in [0.2, 0.25) is 0 Å². The molecule has 1 saturated carbocycles. The summed E-state index contributed by atoms with van der Waals surface area (Å²) in [5, 5.41) is 2.78. The highest BCUT2D eigenvalue weighted by atomic mass is 19.4. The van der Waals surface area contributed by atoms with Gasteiger partial charge < -0.3 is 14.8 Å². The van der Waals surface area contributed by atoms with Gasteiger partial charge in [-0.25, -0.2) is 4.79 Å². The summed E-state index contributed by atoms with van der Waals surface area (Å²) in [5.41, 5.74) is 0.718. The average molecular weight is 387 g/mol. The van der Waals surface area contributed by atoms with Gasteiger partial charge in [-0.1, -0.05) is 31.4 Å². The third-order valence-corrected chi connectivity index (χ3v) is 4.37. The highest BCUT2D eigenvalue weighted by Gasteiger charge is 2.27. The molecular formula is C19H24F3NO4. The van der Waals surface area contributed by atoms with Crippen molar-refractivity contribution in [3.05, 3.63) is 35.4 Å². The second-order valence-electron chi connectivity index (χ2n) is 6.69. The van der Waals surface area contributed by atoms with E-state index >= 15 is 0 Å². The number of carbonyl (C=O) groups excluding carboxylic acids is 2. The molecule has 8 heteroatoms. The number of ether oxygens (including phenoxy) is 2. The van der Waals surface area contributed by atoms with Gasteiger partial charge in [-0.2, -0.15) is 13.2 Å². The number of carbonyl (C=O) groups is 2. The van der Waals surface area contributed by atoms with Crippen molar-refractivity contribution in [2.45, 2.75) is 44.9 Å². The Hall–Kier alpha value is -2.09. The van der Waals surface area contributed by atoms with Gasteiger partial charge in [-0.15, -0.1) is 0 Å². The Morgan fingerprint density at radius 1 is 1.07 bits per heavy atom. The van der Waals surface area contributed by atoms with Crippen molar-refractivity contribution in [2.75, 3.05) is 19.8 Å². The van der Waals surface area contributed by atoms with E-state index in [1.807, 2.05) is 0 Å². The van der Waals surface area contributed by atoms with Gasteiger partial charge in [-0.3, -0.25) is 4.79 Å². The minimum absolute atomic E-state index is 0.210. The smallest absolute Gasteiger partial charge is 0.411 e. The Morgan fingerprint density at radius 3 is 2.37 bits per heavy atom. The third-order valence-electron chi connectivity index (χ3n) is 4.37. The minimum atomic E-state index is -4.37. The van der Waals surface area contributed by atoms with E-state index in [1.54, 1.807) is 0 Å². The molecule has 1 aliphatic carbocycles. The molecule has 0 spiro atoms. The summed E-state index contributed by atoms with van der Waals surface area (Å²) in [7, 11) is 0. The van der Waals surface area contributed by atoms with Gasteiger partial charge in [0.15, 0.2) is 6.61 Å². The van der Waals surface area contributed by atoms with Crippen molar-refractivity contribution < 1.29 is 32.2 Å². The number of esters is 1. The van der Waals surface area contributed by atoms with Crippen molar-refractivity contribution in [1.29, 1.82) is 0 Å². The molecule has 27 heavy (non-hydrogen) atoms. The first-order valence-electron chi connectivity index (χ1n) is 9.01. The molecule has 1 fully saturated rings. The average Bonchev–Trinajstić information content (AvgIpc) is 2.65. The lowest BCUT2D eigenvalue weighted by molar-refractivity contribution is -0.176. The van der Waals surface area contributed by atoms with E-state index in [0.717, 1.165) is 12.8 Å². The van der Waals surface area contributed by atoms with Crippen molar-refractivity contribution in [2.24, 2.45) is 5.92 Å². The molecule has 5 nitrogen and oxygen atoms in total. The molecule has 1 amide bonds. The fourth-order valence-corrected chi connectivity index (χ4v) is 2.94. The van der Waals surface area contributed by atoms with Crippen molar-refractivity contribution >= 4 is 11.9 Å². The summed E-state index contributed by atoms with van der Waals surface area (Å²) < 4.78 is 45.6. The zero-order valence-corrected chi connectivity index (χ0v) is 15.0. The topological polar surface area (TPSA) is 64.6 Å². The summed E-state index contributed by atoms with van der Waals surface area (Å²) in [6.45, 7) is -1.30. The van der Waals surface area contributed by atoms with Gasteiger partial charge in [0.05, 0.1) is 12.2 Å². The predicted molar refractivity (Wildman–Crippen MR) is 92.0 cm³/mol. The number of nitrogens with one attached hydrogen (secondary N) is 1. The van der Waals surface area contributed by atoms with E-state index in [9.17, 15) is 22.8 Å². The van der Waals surface area contributed by atoms with Crippen LogP contribution in [0.3, 0.4) is 0 Å². The number of rotatable bonds is 8. The van der Waals surface area contributed by atoms with Crippen LogP contribution in [0.15, 0.2) is 24.3 Å². The van der Waals surface area contributed by atoms with Crippen LogP contribution in [-0.4, -0.2) is 37.8 Å². The van der Waals surface area contributed by atoms with Crippen molar-refractivity contribution in [1.82, 2.24) is 5.32 Å². The molecule has 1 aromatic rings. The zero-order valence-electron chi connectivity index (χ0n) is 15.0. The molecule has 0 atom stereocenters. The molecule has 150 valence electrons. The summed E-state index contributed by atoms with van der Waals surface area (Å²) in [4.78, 5) is 23.7. The Kier molecular flexibility index (Phi) is 8.09. The molecule has 0 aromatic heterocycles. The largest absolute Gasteiger partial charge is 0.452 e. The van der Waals surface area contributed by atoms with Gasteiger partial charge in [0, 0.05) is 6.54 Å². The van der Waals surface area contributed by atoms with E-state index in [4.69, 9.17) is 4.74 Å². The molecule has 2 rings (SSSR count). The molecule has 0 heterocycles. The standard InChI is InChI=1S/C19H24F3NO4/c20-19(21,22)13-26-11-15-6-8-16(9-7-15)18(25)27-12-17(24)23-10-14-4-2-1-3-5-14/h6-9,14H,1-5,10-13H2,(H,23,24). The first-order chi connectivity index (χ1) is 12.8. The van der Waals surface area contributed by atoms with Crippen LogP contribution in [0.2, 0.25) is 0 Å². The lowest BCUT2D eigenvalue weighted by atomic mass is 9.89. The summed E-state index contributed by atoms with van der Waals surface area (Å²) in [6, 6.07) is 5.81. The van der Waals surface area contributed by atoms with Crippen LogP contribution in [-0.2, 0) is 20.9 Å². The Bertz CT molecular complexity index is 610. The molecular weight excluding hydrogens is 363 g/mol. The van der Waals surface area contributed by atoms with Crippen LogP contribution in [0.25, 0.3) is 0 Å². The highest BCUT2D eigenvalue weighted by molar-refractivity contribution is 5.91. The van der Waals surface area contributed by atoms with E-state index in [0.29, 0.717) is 18.0 Å². The maximum atomic E-state index is 12.0. The second kappa shape index (κ2) is 10.3.